The monoisotopic (exact) mass is 725 g/mol. The molecule has 0 aliphatic heterocycles. The third-order valence-electron chi connectivity index (χ3n) is 11.9. The second-order valence-electron chi connectivity index (χ2n) is 17.7. The minimum atomic E-state index is -0.0491. The van der Waals surface area contributed by atoms with Gasteiger partial charge in [0, 0.05) is 33.1 Å². The van der Waals surface area contributed by atoms with Crippen molar-refractivity contribution in [2.45, 2.75) is 65.2 Å². The van der Waals surface area contributed by atoms with Crippen LogP contribution >= 0.6 is 0 Å². The summed E-state index contributed by atoms with van der Waals surface area (Å²) in [6, 6.07) is 49.3. The number of hydrogen-bond donors (Lipinski definition) is 0. The lowest BCUT2D eigenvalue weighted by Crippen LogP contribution is -2.16. The van der Waals surface area contributed by atoms with Gasteiger partial charge in [-0.25, -0.2) is 0 Å². The minimum absolute atomic E-state index is 0.000961. The molecule has 8 aromatic rings. The molecule has 7 aromatic carbocycles. The Kier molecular flexibility index (Phi) is 7.80. The fraction of sp³-hybridized carbons (Fsp3) is 0.185. The third-order valence-corrected chi connectivity index (χ3v) is 11.9. The van der Waals surface area contributed by atoms with Crippen LogP contribution in [0.3, 0.4) is 0 Å². The van der Waals surface area contributed by atoms with Crippen LogP contribution in [0.25, 0.3) is 66.6 Å². The zero-order chi connectivity index (χ0) is 38.3. The summed E-state index contributed by atoms with van der Waals surface area (Å²) in [5.74, 6) is 0. The summed E-state index contributed by atoms with van der Waals surface area (Å²) in [6.07, 6.45) is 9.03. The molecule has 0 unspecified atom stereocenters. The molecule has 0 fully saturated rings. The Bertz CT molecular complexity index is 2910. The molecule has 2 nitrogen and oxygen atoms in total. The van der Waals surface area contributed by atoms with E-state index in [1.54, 1.807) is 0 Å². The first-order valence-corrected chi connectivity index (χ1v) is 20.0. The average molecular weight is 726 g/mol. The van der Waals surface area contributed by atoms with Crippen molar-refractivity contribution in [1.82, 2.24) is 0 Å². The fourth-order valence-corrected chi connectivity index (χ4v) is 9.07. The number of allylic oxidation sites excluding steroid dienone is 3. The molecular weight excluding hydrogens is 679 g/mol. The lowest BCUT2D eigenvalue weighted by atomic mass is 9.78. The number of benzene rings is 7. The van der Waals surface area contributed by atoms with E-state index in [1.165, 1.54) is 71.7 Å². The zero-order valence-electron chi connectivity index (χ0n) is 33.2. The van der Waals surface area contributed by atoms with E-state index >= 15 is 0 Å². The van der Waals surface area contributed by atoms with E-state index in [9.17, 15) is 0 Å². The molecule has 0 saturated heterocycles. The van der Waals surface area contributed by atoms with Crippen molar-refractivity contribution in [3.8, 4) is 22.3 Å². The molecule has 10 rings (SSSR count). The first-order chi connectivity index (χ1) is 27.0. The van der Waals surface area contributed by atoms with Crippen molar-refractivity contribution in [2.24, 2.45) is 0 Å². The Labute approximate surface area is 330 Å². The molecule has 0 radical (unpaired) electrons. The standard InChI is InChI=1S/C54H47NO/c1-53(2,3)40-32-46(54(4,5)6)51-45-23-13-21-43(52(45)56-48(51)33-40)38-18-11-20-42(30-38)55(41-28-26-35(27-29-41)34-14-8-7-9-15-34)47-31-39-19-10-16-36-24-25-37-17-12-22-44(47)50(37)49(36)39/h7-15,17-24,26-33H,16,25H2,1-6H3. The highest BCUT2D eigenvalue weighted by Gasteiger charge is 2.28. The largest absolute Gasteiger partial charge is 0.455 e. The number of para-hydroxylation sites is 1. The SMILES string of the molecule is CC(C)(C)c1cc(C(C)(C)C)c2c(c1)oc1c(-c3cccc(N(c4ccc(-c5ccccc5)cc4)c4cc5c6c7c(cccc47)CC=C6CC=C5)c3)cccc12. The van der Waals surface area contributed by atoms with Crippen molar-refractivity contribution < 1.29 is 4.42 Å². The normalized spacial score (nSPS) is 13.8. The Morgan fingerprint density at radius 3 is 2.09 bits per heavy atom. The van der Waals surface area contributed by atoms with Gasteiger partial charge in [0.05, 0.1) is 5.69 Å². The van der Waals surface area contributed by atoms with Crippen LogP contribution in [0.5, 0.6) is 0 Å². The quantitative estimate of drug-likeness (QED) is 0.176. The van der Waals surface area contributed by atoms with Crippen LogP contribution < -0.4 is 4.90 Å². The summed E-state index contributed by atoms with van der Waals surface area (Å²) < 4.78 is 6.96. The van der Waals surface area contributed by atoms with Crippen molar-refractivity contribution in [3.05, 3.63) is 173 Å². The molecular formula is C54H47NO. The van der Waals surface area contributed by atoms with E-state index in [0.29, 0.717) is 0 Å². The molecule has 1 aromatic heterocycles. The highest BCUT2D eigenvalue weighted by molar-refractivity contribution is 6.13. The zero-order valence-corrected chi connectivity index (χ0v) is 33.2. The molecule has 274 valence electrons. The van der Waals surface area contributed by atoms with Crippen molar-refractivity contribution in [2.75, 3.05) is 4.90 Å². The van der Waals surface area contributed by atoms with E-state index in [4.69, 9.17) is 4.42 Å². The predicted octanol–water partition coefficient (Wildman–Crippen LogP) is 15.5. The predicted molar refractivity (Wildman–Crippen MR) is 240 cm³/mol. The Hall–Kier alpha value is -6.12. The van der Waals surface area contributed by atoms with Crippen LogP contribution in [-0.2, 0) is 17.3 Å². The second kappa shape index (κ2) is 12.7. The van der Waals surface area contributed by atoms with Gasteiger partial charge < -0.3 is 9.32 Å². The highest BCUT2D eigenvalue weighted by Crippen LogP contribution is 2.49. The van der Waals surface area contributed by atoms with Crippen molar-refractivity contribution >= 4 is 61.4 Å². The number of anilines is 3. The Morgan fingerprint density at radius 2 is 1.30 bits per heavy atom. The maximum absolute atomic E-state index is 6.96. The topological polar surface area (TPSA) is 16.4 Å². The van der Waals surface area contributed by atoms with E-state index in [2.05, 4.69) is 198 Å². The van der Waals surface area contributed by atoms with Crippen LogP contribution in [0.2, 0.25) is 0 Å². The lowest BCUT2D eigenvalue weighted by molar-refractivity contribution is 0.569. The maximum atomic E-state index is 6.96. The summed E-state index contributed by atoms with van der Waals surface area (Å²) in [4.78, 5) is 2.46. The fourth-order valence-electron chi connectivity index (χ4n) is 9.07. The summed E-state index contributed by atoms with van der Waals surface area (Å²) in [5, 5.41) is 5.06. The van der Waals surface area contributed by atoms with Gasteiger partial charge in [0.2, 0.25) is 0 Å². The smallest absolute Gasteiger partial charge is 0.143 e. The summed E-state index contributed by atoms with van der Waals surface area (Å²) in [6.45, 7) is 13.8. The summed E-state index contributed by atoms with van der Waals surface area (Å²) >= 11 is 0. The molecule has 2 aliphatic carbocycles. The lowest BCUT2D eigenvalue weighted by Gasteiger charge is -2.31. The molecule has 0 spiro atoms. The van der Waals surface area contributed by atoms with Crippen LogP contribution in [0.4, 0.5) is 17.1 Å². The molecule has 0 saturated carbocycles. The molecule has 0 atom stereocenters. The number of furan rings is 1. The van der Waals surface area contributed by atoms with Gasteiger partial charge >= 0.3 is 0 Å². The molecule has 1 heterocycles. The number of rotatable bonds is 5. The van der Waals surface area contributed by atoms with E-state index in [0.717, 1.165) is 46.5 Å². The summed E-state index contributed by atoms with van der Waals surface area (Å²) in [7, 11) is 0. The van der Waals surface area contributed by atoms with Gasteiger partial charge in [-0.2, -0.15) is 0 Å². The Morgan fingerprint density at radius 1 is 0.571 bits per heavy atom. The first-order valence-electron chi connectivity index (χ1n) is 20.0. The highest BCUT2D eigenvalue weighted by atomic mass is 16.3. The molecule has 56 heavy (non-hydrogen) atoms. The van der Waals surface area contributed by atoms with Gasteiger partial charge in [0.25, 0.3) is 0 Å². The molecule has 0 bridgehead atoms. The summed E-state index contributed by atoms with van der Waals surface area (Å²) in [5.41, 5.74) is 18.1. The third kappa shape index (κ3) is 5.62. The number of nitrogens with zero attached hydrogens (tertiary/aromatic N) is 1. The average Bonchev–Trinajstić information content (AvgIpc) is 3.59. The van der Waals surface area contributed by atoms with E-state index in [1.807, 2.05) is 0 Å². The van der Waals surface area contributed by atoms with Crippen LogP contribution in [0.15, 0.2) is 150 Å². The Balaban J connectivity index is 1.19. The van der Waals surface area contributed by atoms with Gasteiger partial charge in [0.15, 0.2) is 0 Å². The van der Waals surface area contributed by atoms with Crippen molar-refractivity contribution in [1.29, 1.82) is 0 Å². The van der Waals surface area contributed by atoms with Gasteiger partial charge in [0.1, 0.15) is 11.2 Å². The van der Waals surface area contributed by atoms with Gasteiger partial charge in [-0.1, -0.05) is 157 Å². The van der Waals surface area contributed by atoms with Crippen LogP contribution in [-0.4, -0.2) is 0 Å². The molecule has 2 aliphatic rings. The first kappa shape index (κ1) is 34.4. The van der Waals surface area contributed by atoms with Crippen LogP contribution in [0, 0.1) is 0 Å². The van der Waals surface area contributed by atoms with Crippen molar-refractivity contribution in [3.63, 3.8) is 0 Å². The van der Waals surface area contributed by atoms with E-state index in [-0.39, 0.29) is 10.8 Å². The minimum Gasteiger partial charge on any atom is -0.455 e. The van der Waals surface area contributed by atoms with Crippen LogP contribution in [0.1, 0.15) is 75.8 Å². The molecule has 0 amide bonds. The maximum Gasteiger partial charge on any atom is 0.143 e. The number of hydrogen-bond acceptors (Lipinski definition) is 2. The number of fused-ring (bicyclic) bond motifs is 3. The van der Waals surface area contributed by atoms with Gasteiger partial charge in [-0.3, -0.25) is 0 Å². The second-order valence-corrected chi connectivity index (χ2v) is 17.7. The van der Waals surface area contributed by atoms with Gasteiger partial charge in [-0.15, -0.1) is 0 Å². The van der Waals surface area contributed by atoms with Gasteiger partial charge in [-0.05, 0) is 116 Å². The molecule has 0 N–H and O–H groups in total. The molecule has 2 heteroatoms. The van der Waals surface area contributed by atoms with E-state index < -0.39 is 0 Å².